The Hall–Kier alpha value is -3.01. The van der Waals surface area contributed by atoms with Gasteiger partial charge >= 0.3 is 12.1 Å². The van der Waals surface area contributed by atoms with Crippen LogP contribution in [0.3, 0.4) is 0 Å². The fourth-order valence-electron chi connectivity index (χ4n) is 2.90. The van der Waals surface area contributed by atoms with Crippen molar-refractivity contribution in [2.75, 3.05) is 31.4 Å². The fraction of sp³-hybridized carbons (Fsp3) is 0.421. The molecule has 2 heterocycles. The molecule has 4 amide bonds. The Morgan fingerprint density at radius 1 is 1.14 bits per heavy atom. The summed E-state index contributed by atoms with van der Waals surface area (Å²) in [6.45, 7) is 4.76. The lowest BCUT2D eigenvalue weighted by atomic mass is 10.2. The van der Waals surface area contributed by atoms with Crippen molar-refractivity contribution in [1.29, 1.82) is 0 Å². The molecular weight excluding hydrogens is 394 g/mol. The number of carbonyl (C=O) groups excluding carboxylic acids is 2. The average molecular weight is 420 g/mol. The highest BCUT2D eigenvalue weighted by atomic mass is 32.1. The van der Waals surface area contributed by atoms with Gasteiger partial charge < -0.3 is 25.0 Å². The number of fused-ring (bicyclic) bond motifs is 1. The molecule has 1 aliphatic rings. The van der Waals surface area contributed by atoms with Crippen LogP contribution in [-0.4, -0.2) is 48.8 Å². The highest BCUT2D eigenvalue weighted by Crippen LogP contribution is 2.30. The number of ether oxygens (including phenoxy) is 2. The van der Waals surface area contributed by atoms with Gasteiger partial charge in [-0.05, 0) is 13.8 Å². The van der Waals surface area contributed by atoms with E-state index in [1.165, 1.54) is 11.3 Å². The summed E-state index contributed by atoms with van der Waals surface area (Å²) in [6.07, 6.45) is 0.633. The third-order valence-corrected chi connectivity index (χ3v) is 5.26. The predicted molar refractivity (Wildman–Crippen MR) is 112 cm³/mol. The summed E-state index contributed by atoms with van der Waals surface area (Å²) in [7, 11) is 3.12. The van der Waals surface area contributed by atoms with E-state index >= 15 is 0 Å². The normalized spacial score (nSPS) is 12.9. The second kappa shape index (κ2) is 8.99. The minimum absolute atomic E-state index is 0.0407. The van der Waals surface area contributed by atoms with Gasteiger partial charge in [0.25, 0.3) is 0 Å². The predicted octanol–water partition coefficient (Wildman–Crippen LogP) is 3.28. The van der Waals surface area contributed by atoms with Crippen LogP contribution in [0.25, 0.3) is 0 Å². The lowest BCUT2D eigenvalue weighted by Gasteiger charge is -2.26. The number of methoxy groups -OCH3 is 2. The molecule has 1 aromatic carbocycles. The van der Waals surface area contributed by atoms with Crippen LogP contribution < -0.4 is 25.4 Å². The first-order valence-electron chi connectivity index (χ1n) is 9.23. The van der Waals surface area contributed by atoms with Crippen molar-refractivity contribution < 1.29 is 19.1 Å². The molecule has 1 aromatic heterocycles. The smallest absolute Gasteiger partial charge is 0.322 e. The molecule has 0 atom stereocenters. The first-order valence-corrected chi connectivity index (χ1v) is 10.0. The molecule has 0 fully saturated rings. The number of carbonyl (C=O) groups is 2. The molecule has 0 radical (unpaired) electrons. The number of amides is 4. The number of rotatable bonds is 5. The summed E-state index contributed by atoms with van der Waals surface area (Å²) in [5, 5.41) is 8.94. The van der Waals surface area contributed by atoms with E-state index in [0.717, 1.165) is 10.6 Å². The maximum atomic E-state index is 12.7. The van der Waals surface area contributed by atoms with Gasteiger partial charge in [-0.25, -0.2) is 14.6 Å². The van der Waals surface area contributed by atoms with E-state index in [1.807, 2.05) is 13.8 Å². The van der Waals surface area contributed by atoms with Crippen LogP contribution in [0.4, 0.5) is 20.4 Å². The standard InChI is InChI=1S/C19H25N5O4S/c1-11(2)20-17(25)23-18-22-15-5-6-24(10-16(15)29-18)19(26)21-12-7-13(27-3)9-14(8-12)28-4/h7-9,11H,5-6,10H2,1-4H3,(H,21,26)(H2,20,22,23,25). The quantitative estimate of drug-likeness (QED) is 0.690. The van der Waals surface area contributed by atoms with Gasteiger partial charge in [0.1, 0.15) is 11.5 Å². The van der Waals surface area contributed by atoms with Gasteiger partial charge in [-0.3, -0.25) is 5.32 Å². The Morgan fingerprint density at radius 2 is 1.83 bits per heavy atom. The van der Waals surface area contributed by atoms with E-state index in [4.69, 9.17) is 9.47 Å². The molecule has 0 bridgehead atoms. The van der Waals surface area contributed by atoms with E-state index in [1.54, 1.807) is 37.3 Å². The average Bonchev–Trinajstić information content (AvgIpc) is 3.07. The first-order chi connectivity index (χ1) is 13.9. The maximum Gasteiger partial charge on any atom is 0.322 e. The molecule has 2 aromatic rings. The van der Waals surface area contributed by atoms with Crippen molar-refractivity contribution in [3.05, 3.63) is 28.8 Å². The van der Waals surface area contributed by atoms with Crippen molar-refractivity contribution in [2.45, 2.75) is 32.9 Å². The highest BCUT2D eigenvalue weighted by molar-refractivity contribution is 7.15. The minimum atomic E-state index is -0.285. The van der Waals surface area contributed by atoms with Crippen molar-refractivity contribution >= 4 is 34.2 Å². The lowest BCUT2D eigenvalue weighted by molar-refractivity contribution is 0.207. The molecular formula is C19H25N5O4S. The number of hydrogen-bond acceptors (Lipinski definition) is 6. The van der Waals surface area contributed by atoms with Crippen LogP contribution in [0, 0.1) is 0 Å². The second-order valence-corrected chi connectivity index (χ2v) is 7.93. The molecule has 0 unspecified atom stereocenters. The van der Waals surface area contributed by atoms with Crippen LogP contribution in [0.2, 0.25) is 0 Å². The summed E-state index contributed by atoms with van der Waals surface area (Å²) in [5.41, 5.74) is 1.51. The van der Waals surface area contributed by atoms with E-state index in [-0.39, 0.29) is 18.1 Å². The largest absolute Gasteiger partial charge is 0.497 e. The molecule has 0 saturated carbocycles. The molecule has 1 aliphatic heterocycles. The lowest BCUT2D eigenvalue weighted by Crippen LogP contribution is -2.38. The van der Waals surface area contributed by atoms with Gasteiger partial charge in [0, 0.05) is 47.8 Å². The maximum absolute atomic E-state index is 12.7. The van der Waals surface area contributed by atoms with E-state index in [0.29, 0.717) is 41.8 Å². The van der Waals surface area contributed by atoms with Gasteiger partial charge in [-0.2, -0.15) is 0 Å². The van der Waals surface area contributed by atoms with E-state index in [9.17, 15) is 9.59 Å². The van der Waals surface area contributed by atoms with Gasteiger partial charge in [0.05, 0.1) is 26.5 Å². The van der Waals surface area contributed by atoms with Gasteiger partial charge in [-0.15, -0.1) is 0 Å². The van der Waals surface area contributed by atoms with Crippen molar-refractivity contribution in [3.8, 4) is 11.5 Å². The number of anilines is 2. The van der Waals surface area contributed by atoms with Crippen LogP contribution in [0.15, 0.2) is 18.2 Å². The molecule has 0 saturated heterocycles. The molecule has 29 heavy (non-hydrogen) atoms. The van der Waals surface area contributed by atoms with E-state index < -0.39 is 0 Å². The number of hydrogen-bond donors (Lipinski definition) is 3. The van der Waals surface area contributed by atoms with Gasteiger partial charge in [0.15, 0.2) is 5.13 Å². The number of urea groups is 2. The molecule has 9 nitrogen and oxygen atoms in total. The van der Waals surface area contributed by atoms with Gasteiger partial charge in [0.2, 0.25) is 0 Å². The Morgan fingerprint density at radius 3 is 2.45 bits per heavy atom. The molecule has 0 spiro atoms. The molecule has 10 heteroatoms. The Kier molecular flexibility index (Phi) is 6.42. The Labute approximate surface area is 173 Å². The van der Waals surface area contributed by atoms with Crippen molar-refractivity contribution in [2.24, 2.45) is 0 Å². The summed E-state index contributed by atoms with van der Waals surface area (Å²) in [5.74, 6) is 1.19. The number of aromatic nitrogens is 1. The minimum Gasteiger partial charge on any atom is -0.497 e. The summed E-state index contributed by atoms with van der Waals surface area (Å²) in [6, 6.07) is 4.75. The van der Waals surface area contributed by atoms with Crippen molar-refractivity contribution in [1.82, 2.24) is 15.2 Å². The summed E-state index contributed by atoms with van der Waals surface area (Å²) in [4.78, 5) is 31.7. The first kappa shape index (κ1) is 20.7. The number of nitrogens with one attached hydrogen (secondary N) is 3. The SMILES string of the molecule is COc1cc(NC(=O)N2CCc3nc(NC(=O)NC(C)C)sc3C2)cc(OC)c1. The highest BCUT2D eigenvalue weighted by Gasteiger charge is 2.25. The molecule has 3 rings (SSSR count). The zero-order valence-electron chi connectivity index (χ0n) is 16.9. The summed E-state index contributed by atoms with van der Waals surface area (Å²) >= 11 is 1.39. The topological polar surface area (TPSA) is 105 Å². The third-order valence-electron chi connectivity index (χ3n) is 4.26. The second-order valence-electron chi connectivity index (χ2n) is 6.85. The molecule has 3 N–H and O–H groups in total. The third kappa shape index (κ3) is 5.29. The van der Waals surface area contributed by atoms with Crippen LogP contribution >= 0.6 is 11.3 Å². The number of benzene rings is 1. The molecule has 156 valence electrons. The zero-order chi connectivity index (χ0) is 21.0. The van der Waals surface area contributed by atoms with Gasteiger partial charge in [-0.1, -0.05) is 11.3 Å². The van der Waals surface area contributed by atoms with Crippen LogP contribution in [0.5, 0.6) is 11.5 Å². The van der Waals surface area contributed by atoms with Crippen molar-refractivity contribution in [3.63, 3.8) is 0 Å². The monoisotopic (exact) mass is 419 g/mol. The van der Waals surface area contributed by atoms with E-state index in [2.05, 4.69) is 20.9 Å². The Bertz CT molecular complexity index is 876. The summed E-state index contributed by atoms with van der Waals surface area (Å²) < 4.78 is 10.5. The van der Waals surface area contributed by atoms with Crippen LogP contribution in [-0.2, 0) is 13.0 Å². The number of thiazole rings is 1. The zero-order valence-corrected chi connectivity index (χ0v) is 17.7. The fourth-order valence-corrected chi connectivity index (χ4v) is 3.92. The Balaban J connectivity index is 1.64. The number of nitrogens with zero attached hydrogens (tertiary/aromatic N) is 2. The molecule has 0 aliphatic carbocycles. The van der Waals surface area contributed by atoms with Crippen LogP contribution in [0.1, 0.15) is 24.4 Å².